The van der Waals surface area contributed by atoms with E-state index in [-0.39, 0.29) is 11.7 Å². The number of fused-ring (bicyclic) bond motifs is 1. The number of rotatable bonds is 3. The van der Waals surface area contributed by atoms with Crippen LogP contribution in [0.4, 0.5) is 5.69 Å². The van der Waals surface area contributed by atoms with Crippen molar-refractivity contribution in [2.75, 3.05) is 5.32 Å². The highest BCUT2D eigenvalue weighted by Gasteiger charge is 2.05. The number of aromatic amines is 1. The molecule has 3 rings (SSSR count). The van der Waals surface area contributed by atoms with Gasteiger partial charge in [0.1, 0.15) is 5.75 Å². The van der Waals surface area contributed by atoms with Crippen LogP contribution in [0.1, 0.15) is 5.56 Å². The minimum absolute atomic E-state index is 0.0819. The van der Waals surface area contributed by atoms with Crippen molar-refractivity contribution in [3.05, 3.63) is 60.3 Å². The molecular weight excluding hydrogens is 252 g/mol. The van der Waals surface area contributed by atoms with E-state index in [9.17, 15) is 9.90 Å². The normalized spacial score (nSPS) is 10.6. The Balaban J connectivity index is 1.70. The number of carbonyl (C=O) groups is 1. The Morgan fingerprint density at radius 2 is 1.90 bits per heavy atom. The van der Waals surface area contributed by atoms with E-state index >= 15 is 0 Å². The van der Waals surface area contributed by atoms with E-state index in [1.165, 1.54) is 0 Å². The van der Waals surface area contributed by atoms with Gasteiger partial charge in [0.25, 0.3) is 0 Å². The summed E-state index contributed by atoms with van der Waals surface area (Å²) in [5.74, 6) is 0.0989. The van der Waals surface area contributed by atoms with Gasteiger partial charge >= 0.3 is 0 Å². The zero-order chi connectivity index (χ0) is 13.9. The summed E-state index contributed by atoms with van der Waals surface area (Å²) >= 11 is 0. The highest BCUT2D eigenvalue weighted by Crippen LogP contribution is 2.16. The monoisotopic (exact) mass is 266 g/mol. The number of phenolic OH excluding ortho intramolecular Hbond substituents is 1. The number of phenols is 1. The molecule has 3 aromatic rings. The number of aromatic hydroxyl groups is 1. The molecule has 0 fully saturated rings. The van der Waals surface area contributed by atoms with E-state index in [0.717, 1.165) is 16.5 Å². The summed E-state index contributed by atoms with van der Waals surface area (Å²) in [4.78, 5) is 15.1. The number of benzene rings is 2. The maximum Gasteiger partial charge on any atom is 0.228 e. The standard InChI is InChI=1S/C16H14N2O2/c19-14-5-3-13(4-6-14)18-16(20)10-11-1-2-12-7-8-17-15(12)9-11/h1-9,17,19H,10H2,(H,18,20). The van der Waals surface area contributed by atoms with Crippen LogP contribution in [-0.2, 0) is 11.2 Å². The van der Waals surface area contributed by atoms with E-state index in [2.05, 4.69) is 10.3 Å². The predicted molar refractivity (Wildman–Crippen MR) is 78.7 cm³/mol. The molecule has 1 amide bonds. The lowest BCUT2D eigenvalue weighted by Crippen LogP contribution is -2.14. The molecule has 0 aliphatic carbocycles. The number of aromatic nitrogens is 1. The van der Waals surface area contributed by atoms with Gasteiger partial charge < -0.3 is 15.4 Å². The molecule has 4 nitrogen and oxygen atoms in total. The maximum absolute atomic E-state index is 12.0. The number of H-pyrrole nitrogens is 1. The van der Waals surface area contributed by atoms with E-state index < -0.39 is 0 Å². The van der Waals surface area contributed by atoms with Crippen molar-refractivity contribution in [3.63, 3.8) is 0 Å². The largest absolute Gasteiger partial charge is 0.508 e. The van der Waals surface area contributed by atoms with Gasteiger partial charge in [-0.05, 0) is 47.3 Å². The molecule has 0 aliphatic heterocycles. The van der Waals surface area contributed by atoms with Crippen LogP contribution in [0.25, 0.3) is 10.9 Å². The van der Waals surface area contributed by atoms with Gasteiger partial charge in [0.2, 0.25) is 5.91 Å². The molecule has 2 aromatic carbocycles. The van der Waals surface area contributed by atoms with Crippen LogP contribution >= 0.6 is 0 Å². The Bertz CT molecular complexity index is 745. The second kappa shape index (κ2) is 5.09. The Morgan fingerprint density at radius 3 is 2.70 bits per heavy atom. The third-order valence-corrected chi connectivity index (χ3v) is 3.14. The summed E-state index contributed by atoms with van der Waals surface area (Å²) in [7, 11) is 0. The van der Waals surface area contributed by atoms with Gasteiger partial charge in [-0.3, -0.25) is 4.79 Å². The lowest BCUT2D eigenvalue weighted by atomic mass is 10.1. The molecule has 0 saturated heterocycles. The molecule has 0 radical (unpaired) electrons. The predicted octanol–water partition coefficient (Wildman–Crippen LogP) is 3.05. The quantitative estimate of drug-likeness (QED) is 0.638. The van der Waals surface area contributed by atoms with E-state index in [0.29, 0.717) is 12.1 Å². The molecule has 0 spiro atoms. The fourth-order valence-electron chi connectivity index (χ4n) is 2.14. The summed E-state index contributed by atoms with van der Waals surface area (Å²) in [5.41, 5.74) is 2.66. The van der Waals surface area contributed by atoms with Crippen LogP contribution in [0, 0.1) is 0 Å². The first-order valence-corrected chi connectivity index (χ1v) is 6.35. The average Bonchev–Trinajstić information content (AvgIpc) is 2.89. The molecular formula is C16H14N2O2. The Hall–Kier alpha value is -2.75. The number of carbonyl (C=O) groups excluding carboxylic acids is 1. The summed E-state index contributed by atoms with van der Waals surface area (Å²) < 4.78 is 0. The van der Waals surface area contributed by atoms with Crippen molar-refractivity contribution in [2.45, 2.75) is 6.42 Å². The Kier molecular flexibility index (Phi) is 3.13. The van der Waals surface area contributed by atoms with Gasteiger partial charge in [-0.2, -0.15) is 0 Å². The number of nitrogens with one attached hydrogen (secondary N) is 2. The van der Waals surface area contributed by atoms with Gasteiger partial charge in [0.15, 0.2) is 0 Å². The molecule has 4 heteroatoms. The van der Waals surface area contributed by atoms with Crippen molar-refractivity contribution in [1.29, 1.82) is 0 Å². The molecule has 20 heavy (non-hydrogen) atoms. The van der Waals surface area contributed by atoms with Gasteiger partial charge in [0, 0.05) is 17.4 Å². The molecule has 0 atom stereocenters. The van der Waals surface area contributed by atoms with E-state index in [1.54, 1.807) is 24.3 Å². The third kappa shape index (κ3) is 2.64. The van der Waals surface area contributed by atoms with Crippen molar-refractivity contribution in [2.24, 2.45) is 0 Å². The molecule has 100 valence electrons. The van der Waals surface area contributed by atoms with Crippen molar-refractivity contribution < 1.29 is 9.90 Å². The minimum Gasteiger partial charge on any atom is -0.508 e. The van der Waals surface area contributed by atoms with Crippen LogP contribution in [0.15, 0.2) is 54.7 Å². The topological polar surface area (TPSA) is 65.1 Å². The fraction of sp³-hybridized carbons (Fsp3) is 0.0625. The van der Waals surface area contributed by atoms with Gasteiger partial charge in [-0.15, -0.1) is 0 Å². The number of hydrogen-bond donors (Lipinski definition) is 3. The summed E-state index contributed by atoms with van der Waals surface area (Å²) in [5, 5.41) is 13.1. The first-order chi connectivity index (χ1) is 9.70. The third-order valence-electron chi connectivity index (χ3n) is 3.14. The molecule has 0 unspecified atom stereocenters. The minimum atomic E-state index is -0.0819. The molecule has 0 bridgehead atoms. The Labute approximate surface area is 116 Å². The lowest BCUT2D eigenvalue weighted by Gasteiger charge is -2.05. The molecule has 1 aromatic heterocycles. The molecule has 0 saturated carbocycles. The SMILES string of the molecule is O=C(Cc1ccc2cc[nH]c2c1)Nc1ccc(O)cc1. The molecule has 3 N–H and O–H groups in total. The Morgan fingerprint density at radius 1 is 1.10 bits per heavy atom. The van der Waals surface area contributed by atoms with Crippen LogP contribution in [0.2, 0.25) is 0 Å². The summed E-state index contributed by atoms with van der Waals surface area (Å²) in [6.45, 7) is 0. The maximum atomic E-state index is 12.0. The van der Waals surface area contributed by atoms with Crippen LogP contribution < -0.4 is 5.32 Å². The lowest BCUT2D eigenvalue weighted by molar-refractivity contribution is -0.115. The van der Waals surface area contributed by atoms with Crippen LogP contribution in [-0.4, -0.2) is 16.0 Å². The zero-order valence-corrected chi connectivity index (χ0v) is 10.8. The second-order valence-corrected chi connectivity index (χ2v) is 4.67. The average molecular weight is 266 g/mol. The van der Waals surface area contributed by atoms with E-state index in [4.69, 9.17) is 0 Å². The summed E-state index contributed by atoms with van der Waals surface area (Å²) in [6.07, 6.45) is 2.20. The van der Waals surface area contributed by atoms with Crippen molar-refractivity contribution in [3.8, 4) is 5.75 Å². The van der Waals surface area contributed by atoms with Crippen LogP contribution in [0.5, 0.6) is 5.75 Å². The van der Waals surface area contributed by atoms with Gasteiger partial charge in [-0.25, -0.2) is 0 Å². The first-order valence-electron chi connectivity index (χ1n) is 6.35. The van der Waals surface area contributed by atoms with Crippen molar-refractivity contribution in [1.82, 2.24) is 4.98 Å². The number of anilines is 1. The number of amides is 1. The smallest absolute Gasteiger partial charge is 0.228 e. The van der Waals surface area contributed by atoms with Crippen LogP contribution in [0.3, 0.4) is 0 Å². The first kappa shape index (κ1) is 12.3. The van der Waals surface area contributed by atoms with E-state index in [1.807, 2.05) is 30.5 Å². The molecule has 0 aliphatic rings. The highest BCUT2D eigenvalue weighted by atomic mass is 16.3. The number of hydrogen-bond acceptors (Lipinski definition) is 2. The zero-order valence-electron chi connectivity index (χ0n) is 10.8. The fourth-order valence-corrected chi connectivity index (χ4v) is 2.14. The summed E-state index contributed by atoms with van der Waals surface area (Å²) in [6, 6.07) is 14.3. The second-order valence-electron chi connectivity index (χ2n) is 4.67. The van der Waals surface area contributed by atoms with Crippen molar-refractivity contribution >= 4 is 22.5 Å². The molecule has 1 heterocycles. The van der Waals surface area contributed by atoms with Gasteiger partial charge in [-0.1, -0.05) is 12.1 Å². The van der Waals surface area contributed by atoms with Gasteiger partial charge in [0.05, 0.1) is 6.42 Å². The highest BCUT2D eigenvalue weighted by molar-refractivity contribution is 5.93.